The van der Waals surface area contributed by atoms with E-state index in [9.17, 15) is 9.46 Å². The van der Waals surface area contributed by atoms with Crippen molar-refractivity contribution in [3.8, 4) is 0 Å². The zero-order valence-electron chi connectivity index (χ0n) is 14.9. The van der Waals surface area contributed by atoms with E-state index in [0.29, 0.717) is 33.0 Å². The summed E-state index contributed by atoms with van der Waals surface area (Å²) in [5.41, 5.74) is 0. The van der Waals surface area contributed by atoms with Crippen molar-refractivity contribution in [1.82, 2.24) is 0 Å². The van der Waals surface area contributed by atoms with E-state index in [2.05, 4.69) is 11.6 Å². The first kappa shape index (κ1) is 23.9. The molecule has 0 aliphatic heterocycles. The van der Waals surface area contributed by atoms with Gasteiger partial charge >= 0.3 is 7.82 Å². The lowest BCUT2D eigenvalue weighted by molar-refractivity contribution is -0.225. The van der Waals surface area contributed by atoms with Crippen molar-refractivity contribution >= 4 is 7.82 Å². The maximum absolute atomic E-state index is 11.5. The predicted octanol–water partition coefficient (Wildman–Crippen LogP) is 3.09. The molecule has 1 atom stereocenters. The Hall–Kier alpha value is -0.0500. The fraction of sp³-hybridized carbons (Fsp3) is 1.00. The number of phosphoric ester groups is 1. The average Bonchev–Trinajstić information content (AvgIpc) is 2.55. The van der Waals surface area contributed by atoms with Gasteiger partial charge in [-0.25, -0.2) is 9.45 Å². The summed E-state index contributed by atoms with van der Waals surface area (Å²) in [7, 11) is -4.18. The van der Waals surface area contributed by atoms with Crippen molar-refractivity contribution in [1.29, 1.82) is 0 Å². The Bertz CT molecular complexity index is 303. The van der Waals surface area contributed by atoms with Crippen molar-refractivity contribution in [3.05, 3.63) is 0 Å². The van der Waals surface area contributed by atoms with Crippen molar-refractivity contribution in [2.45, 2.75) is 46.0 Å². The minimum Gasteiger partial charge on any atom is -0.379 e. The zero-order chi connectivity index (χ0) is 17.9. The van der Waals surface area contributed by atoms with Gasteiger partial charge in [-0.3, -0.25) is 4.52 Å². The fourth-order valence-electron chi connectivity index (χ4n) is 1.69. The highest BCUT2D eigenvalue weighted by atomic mass is 31.2. The second kappa shape index (κ2) is 17.8. The van der Waals surface area contributed by atoms with E-state index in [1.165, 1.54) is 12.8 Å². The third-order valence-electron chi connectivity index (χ3n) is 2.91. The van der Waals surface area contributed by atoms with E-state index in [-0.39, 0.29) is 19.8 Å². The van der Waals surface area contributed by atoms with Crippen molar-refractivity contribution in [3.63, 3.8) is 0 Å². The molecule has 24 heavy (non-hydrogen) atoms. The zero-order valence-corrected chi connectivity index (χ0v) is 15.8. The molecule has 0 aliphatic carbocycles. The van der Waals surface area contributed by atoms with Gasteiger partial charge in [-0.05, 0) is 13.3 Å². The van der Waals surface area contributed by atoms with Gasteiger partial charge < -0.3 is 19.1 Å². The molecule has 1 N–H and O–H groups in total. The van der Waals surface area contributed by atoms with Crippen LogP contribution in [0.1, 0.15) is 46.0 Å². The van der Waals surface area contributed by atoms with Crippen LogP contribution in [0.15, 0.2) is 0 Å². The van der Waals surface area contributed by atoms with Gasteiger partial charge in [0.15, 0.2) is 0 Å². The van der Waals surface area contributed by atoms with Crippen molar-refractivity contribution in [2.75, 3.05) is 52.9 Å². The van der Waals surface area contributed by atoms with Crippen LogP contribution in [0, 0.1) is 0 Å². The first-order valence-corrected chi connectivity index (χ1v) is 10.1. The topological polar surface area (TPSA) is 92.7 Å². The summed E-state index contributed by atoms with van der Waals surface area (Å²) < 4.78 is 36.2. The molecule has 0 heterocycles. The molecule has 146 valence electrons. The van der Waals surface area contributed by atoms with Gasteiger partial charge in [0, 0.05) is 6.61 Å². The molecule has 0 aliphatic rings. The number of phosphoric acid groups is 1. The summed E-state index contributed by atoms with van der Waals surface area (Å²) in [6.07, 6.45) is 5.26. The van der Waals surface area contributed by atoms with Crippen LogP contribution < -0.4 is 0 Å². The molecule has 1 unspecified atom stereocenters. The largest absolute Gasteiger partial charge is 0.499 e. The highest BCUT2D eigenvalue weighted by Gasteiger charge is 2.22. The van der Waals surface area contributed by atoms with Crippen LogP contribution in [0.2, 0.25) is 0 Å². The summed E-state index contributed by atoms with van der Waals surface area (Å²) in [5.74, 6) is 0. The monoisotopic (exact) mass is 372 g/mol. The molecule has 0 fully saturated rings. The van der Waals surface area contributed by atoms with Crippen LogP contribution in [0.25, 0.3) is 0 Å². The minimum absolute atomic E-state index is 0.0629. The smallest absolute Gasteiger partial charge is 0.379 e. The van der Waals surface area contributed by atoms with Crippen LogP contribution in [-0.4, -0.2) is 57.7 Å². The highest BCUT2D eigenvalue weighted by Crippen LogP contribution is 2.43. The Morgan fingerprint density at radius 3 is 1.96 bits per heavy atom. The van der Waals surface area contributed by atoms with Crippen molar-refractivity contribution < 1.29 is 37.8 Å². The van der Waals surface area contributed by atoms with E-state index >= 15 is 0 Å². The number of hydrogen-bond donors (Lipinski definition) is 1. The lowest BCUT2D eigenvalue weighted by atomic mass is 10.2. The molecule has 0 aromatic rings. The molecule has 0 saturated heterocycles. The minimum atomic E-state index is -4.18. The summed E-state index contributed by atoms with van der Waals surface area (Å²) in [6.45, 7) is 6.99. The predicted molar refractivity (Wildman–Crippen MR) is 89.7 cm³/mol. The second-order valence-corrected chi connectivity index (χ2v) is 6.38. The van der Waals surface area contributed by atoms with Gasteiger partial charge in [0.2, 0.25) is 0 Å². The summed E-state index contributed by atoms with van der Waals surface area (Å²) in [5, 5.41) is 0. The van der Waals surface area contributed by atoms with Gasteiger partial charge in [-0.2, -0.15) is 0 Å². The highest BCUT2D eigenvalue weighted by molar-refractivity contribution is 7.47. The molecular weight excluding hydrogens is 339 g/mol. The van der Waals surface area contributed by atoms with E-state index in [0.717, 1.165) is 19.3 Å². The quantitative estimate of drug-likeness (QED) is 0.160. The number of ether oxygens (including phenoxy) is 3. The lowest BCUT2D eigenvalue weighted by Gasteiger charge is -2.11. The molecule has 9 heteroatoms. The number of hydrogen-bond acceptors (Lipinski definition) is 7. The van der Waals surface area contributed by atoms with Gasteiger partial charge in [0.25, 0.3) is 0 Å². The summed E-state index contributed by atoms with van der Waals surface area (Å²) >= 11 is 0. The molecule has 0 rings (SSSR count). The Morgan fingerprint density at radius 1 is 0.750 bits per heavy atom. The maximum Gasteiger partial charge on any atom is 0.499 e. The Labute approximate surface area is 145 Å². The molecule has 0 aromatic heterocycles. The maximum atomic E-state index is 11.5. The van der Waals surface area contributed by atoms with E-state index in [1.54, 1.807) is 0 Å². The Morgan fingerprint density at radius 2 is 1.33 bits per heavy atom. The number of rotatable bonds is 19. The molecule has 0 aromatic carbocycles. The molecule has 0 bridgehead atoms. The van der Waals surface area contributed by atoms with Gasteiger partial charge in [0.1, 0.15) is 0 Å². The third kappa shape index (κ3) is 18.3. The standard InChI is InChI=1S/C15H33O8P/c1-3-5-6-7-8-9-21-23-24(16,17)22-15-14-20-13-12-19-11-10-18-4-2/h3-15H2,1-2H3,(H,16,17). The van der Waals surface area contributed by atoms with Crippen LogP contribution >= 0.6 is 7.82 Å². The second-order valence-electron chi connectivity index (χ2n) is 5.03. The molecule has 0 spiro atoms. The summed E-state index contributed by atoms with van der Waals surface area (Å²) in [6, 6.07) is 0. The summed E-state index contributed by atoms with van der Waals surface area (Å²) in [4.78, 5) is 14.1. The Balaban J connectivity index is 3.33. The molecular formula is C15H33O8P. The van der Waals surface area contributed by atoms with E-state index in [1.807, 2.05) is 6.92 Å². The normalized spacial score (nSPS) is 14.0. The lowest BCUT2D eigenvalue weighted by Crippen LogP contribution is -2.11. The Kier molecular flexibility index (Phi) is 17.7. The molecule has 0 radical (unpaired) electrons. The van der Waals surface area contributed by atoms with Gasteiger partial charge in [-0.15, -0.1) is 4.67 Å². The molecule has 8 nitrogen and oxygen atoms in total. The molecule has 0 amide bonds. The van der Waals surface area contributed by atoms with Crippen molar-refractivity contribution in [2.24, 2.45) is 0 Å². The fourth-order valence-corrected chi connectivity index (χ4v) is 2.24. The third-order valence-corrected chi connectivity index (χ3v) is 3.71. The first-order chi connectivity index (χ1) is 11.6. The van der Waals surface area contributed by atoms with E-state index < -0.39 is 7.82 Å². The number of unbranched alkanes of at least 4 members (excludes halogenated alkanes) is 4. The van der Waals surface area contributed by atoms with Gasteiger partial charge in [0.05, 0.1) is 46.2 Å². The van der Waals surface area contributed by atoms with E-state index in [4.69, 9.17) is 23.6 Å². The first-order valence-electron chi connectivity index (χ1n) is 8.64. The van der Waals surface area contributed by atoms with Crippen LogP contribution in [0.5, 0.6) is 0 Å². The van der Waals surface area contributed by atoms with Crippen LogP contribution in [-0.2, 0) is 32.9 Å². The molecule has 0 saturated carbocycles. The van der Waals surface area contributed by atoms with Crippen LogP contribution in [0.3, 0.4) is 0 Å². The SMILES string of the molecule is CCCCCCCOOP(=O)(O)OCCOCCOCCOCC. The van der Waals surface area contributed by atoms with Crippen LogP contribution in [0.4, 0.5) is 0 Å². The van der Waals surface area contributed by atoms with Gasteiger partial charge in [-0.1, -0.05) is 32.6 Å². The average molecular weight is 372 g/mol.